The van der Waals surface area contributed by atoms with Crippen LogP contribution in [0.5, 0.6) is 5.75 Å². The molecule has 0 spiro atoms. The van der Waals surface area contributed by atoms with Gasteiger partial charge in [0.25, 0.3) is 0 Å². The Kier molecular flexibility index (Phi) is 8.05. The zero-order valence-corrected chi connectivity index (χ0v) is 16.9. The molecule has 2 rings (SSSR count). The number of phenolic OH excluding ortho intramolecular Hbond substituents is 1. The van der Waals surface area contributed by atoms with Crippen molar-refractivity contribution in [2.24, 2.45) is 0 Å². The van der Waals surface area contributed by atoms with E-state index in [2.05, 4.69) is 56.2 Å². The van der Waals surface area contributed by atoms with Gasteiger partial charge in [0.05, 0.1) is 12.7 Å². The van der Waals surface area contributed by atoms with Crippen molar-refractivity contribution in [3.63, 3.8) is 0 Å². The highest BCUT2D eigenvalue weighted by Crippen LogP contribution is 2.20. The number of benzene rings is 1. The molecule has 1 N–H and O–H groups in total. The van der Waals surface area contributed by atoms with Crippen molar-refractivity contribution in [1.82, 2.24) is 15.0 Å². The highest BCUT2D eigenvalue weighted by atomic mass is 16.3. The molecule has 0 bridgehead atoms. The lowest BCUT2D eigenvalue weighted by Crippen LogP contribution is -1.96. The van der Waals surface area contributed by atoms with Crippen molar-refractivity contribution in [2.75, 3.05) is 0 Å². The molecule has 0 unspecified atom stereocenters. The lowest BCUT2D eigenvalue weighted by atomic mass is 10.1. The van der Waals surface area contributed by atoms with Gasteiger partial charge in [0, 0.05) is 5.56 Å². The minimum absolute atomic E-state index is 0.238. The number of aromatic nitrogens is 3. The summed E-state index contributed by atoms with van der Waals surface area (Å²) in [4.78, 5) is 0. The maximum absolute atomic E-state index is 9.58. The lowest BCUT2D eigenvalue weighted by Gasteiger charge is -2.02. The van der Waals surface area contributed by atoms with Crippen molar-refractivity contribution < 1.29 is 5.11 Å². The summed E-state index contributed by atoms with van der Waals surface area (Å²) in [6, 6.07) is 7.07. The predicted molar refractivity (Wildman–Crippen MR) is 113 cm³/mol. The molecule has 0 saturated heterocycles. The third-order valence-electron chi connectivity index (χ3n) is 4.43. The molecule has 0 fully saturated rings. The molecule has 0 amide bonds. The SMILES string of the molecule is CC(C)=CCC/C(C)=C/CC/C(C)=C/Cn1cc(-c2cccc(O)c2)nn1. The van der Waals surface area contributed by atoms with Crippen molar-refractivity contribution in [1.29, 1.82) is 0 Å². The standard InChI is InChI=1S/C23H31N3O/c1-18(2)8-5-9-19(3)10-6-11-20(4)14-15-26-17-23(24-25-26)21-12-7-13-22(27)16-21/h7-8,10,12-14,16-17,27H,5-6,9,11,15H2,1-4H3/b19-10+,20-14+. The first-order chi connectivity index (χ1) is 12.9. The maximum atomic E-state index is 9.58. The summed E-state index contributed by atoms with van der Waals surface area (Å²) in [5.41, 5.74) is 5.86. The van der Waals surface area contributed by atoms with E-state index in [0.29, 0.717) is 6.54 Å². The van der Waals surface area contributed by atoms with Gasteiger partial charge in [-0.25, -0.2) is 4.68 Å². The monoisotopic (exact) mass is 365 g/mol. The Balaban J connectivity index is 1.81. The Morgan fingerprint density at radius 3 is 2.41 bits per heavy atom. The van der Waals surface area contributed by atoms with Gasteiger partial charge in [-0.05, 0) is 65.5 Å². The third kappa shape index (κ3) is 7.65. The van der Waals surface area contributed by atoms with Crippen molar-refractivity contribution in [3.8, 4) is 17.0 Å². The van der Waals surface area contributed by atoms with Crippen LogP contribution >= 0.6 is 0 Å². The highest BCUT2D eigenvalue weighted by molar-refractivity contribution is 5.59. The smallest absolute Gasteiger partial charge is 0.116 e. The van der Waals surface area contributed by atoms with E-state index in [0.717, 1.165) is 36.9 Å². The van der Waals surface area contributed by atoms with E-state index < -0.39 is 0 Å². The predicted octanol–water partition coefficient (Wildman–Crippen LogP) is 6.07. The zero-order valence-electron chi connectivity index (χ0n) is 16.9. The molecular formula is C23H31N3O. The number of hydrogen-bond acceptors (Lipinski definition) is 3. The summed E-state index contributed by atoms with van der Waals surface area (Å²) in [6.07, 6.45) is 13.2. The fourth-order valence-electron chi connectivity index (χ4n) is 2.77. The lowest BCUT2D eigenvalue weighted by molar-refractivity contribution is 0.475. The Morgan fingerprint density at radius 1 is 1.00 bits per heavy atom. The van der Waals surface area contributed by atoms with E-state index in [1.165, 1.54) is 16.7 Å². The van der Waals surface area contributed by atoms with Gasteiger partial charge in [0.2, 0.25) is 0 Å². The first-order valence-corrected chi connectivity index (χ1v) is 9.58. The van der Waals surface area contributed by atoms with E-state index in [-0.39, 0.29) is 5.75 Å². The van der Waals surface area contributed by atoms with E-state index in [1.54, 1.807) is 12.1 Å². The van der Waals surface area contributed by atoms with Crippen molar-refractivity contribution in [3.05, 3.63) is 65.4 Å². The number of hydrogen-bond donors (Lipinski definition) is 1. The molecule has 0 saturated carbocycles. The minimum Gasteiger partial charge on any atom is -0.508 e. The second kappa shape index (κ2) is 10.5. The Labute approximate surface area is 162 Å². The van der Waals surface area contributed by atoms with Gasteiger partial charge in [0.1, 0.15) is 11.4 Å². The summed E-state index contributed by atoms with van der Waals surface area (Å²) in [5, 5.41) is 17.9. The zero-order chi connectivity index (χ0) is 19.6. The maximum Gasteiger partial charge on any atom is 0.116 e. The van der Waals surface area contributed by atoms with Gasteiger partial charge in [0.15, 0.2) is 0 Å². The molecule has 0 aliphatic carbocycles. The number of phenols is 1. The van der Waals surface area contributed by atoms with Gasteiger partial charge in [-0.3, -0.25) is 0 Å². The summed E-state index contributed by atoms with van der Waals surface area (Å²) < 4.78 is 1.82. The first-order valence-electron chi connectivity index (χ1n) is 9.58. The van der Waals surface area contributed by atoms with E-state index >= 15 is 0 Å². The van der Waals surface area contributed by atoms with Crippen molar-refractivity contribution in [2.45, 2.75) is 59.9 Å². The normalized spacial score (nSPS) is 12.3. The van der Waals surface area contributed by atoms with Crippen LogP contribution in [0.1, 0.15) is 53.4 Å². The second-order valence-corrected chi connectivity index (χ2v) is 7.34. The summed E-state index contributed by atoms with van der Waals surface area (Å²) in [6.45, 7) is 9.39. The van der Waals surface area contributed by atoms with Crippen LogP contribution in [0.15, 0.2) is 65.4 Å². The fraction of sp³-hybridized carbons (Fsp3) is 0.391. The highest BCUT2D eigenvalue weighted by Gasteiger charge is 2.04. The molecule has 27 heavy (non-hydrogen) atoms. The van der Waals surface area contributed by atoms with Crippen LogP contribution in [0, 0.1) is 0 Å². The van der Waals surface area contributed by atoms with Crippen LogP contribution in [0.2, 0.25) is 0 Å². The van der Waals surface area contributed by atoms with E-state index in [1.807, 2.05) is 23.0 Å². The molecule has 1 aromatic heterocycles. The van der Waals surface area contributed by atoms with Gasteiger partial charge in [-0.1, -0.05) is 52.3 Å². The van der Waals surface area contributed by atoms with Crippen LogP contribution in [0.4, 0.5) is 0 Å². The molecule has 0 radical (unpaired) electrons. The molecule has 2 aromatic rings. The molecule has 4 heteroatoms. The van der Waals surface area contributed by atoms with Gasteiger partial charge < -0.3 is 5.11 Å². The van der Waals surface area contributed by atoms with Crippen LogP contribution in [0.3, 0.4) is 0 Å². The second-order valence-electron chi connectivity index (χ2n) is 7.34. The molecular weight excluding hydrogens is 334 g/mol. The average Bonchev–Trinajstić information content (AvgIpc) is 3.09. The molecule has 1 aromatic carbocycles. The van der Waals surface area contributed by atoms with Crippen LogP contribution in [0.25, 0.3) is 11.3 Å². The molecule has 0 atom stereocenters. The van der Waals surface area contributed by atoms with Gasteiger partial charge >= 0.3 is 0 Å². The van der Waals surface area contributed by atoms with E-state index in [4.69, 9.17) is 0 Å². The Morgan fingerprint density at radius 2 is 1.70 bits per heavy atom. The quantitative estimate of drug-likeness (QED) is 0.549. The molecule has 1 heterocycles. The van der Waals surface area contributed by atoms with Crippen LogP contribution in [-0.4, -0.2) is 20.1 Å². The van der Waals surface area contributed by atoms with Gasteiger partial charge in [-0.15, -0.1) is 5.10 Å². The molecule has 0 aliphatic rings. The van der Waals surface area contributed by atoms with Gasteiger partial charge in [-0.2, -0.15) is 0 Å². The third-order valence-corrected chi connectivity index (χ3v) is 4.43. The minimum atomic E-state index is 0.238. The molecule has 144 valence electrons. The largest absolute Gasteiger partial charge is 0.508 e. The Hall–Kier alpha value is -2.62. The topological polar surface area (TPSA) is 50.9 Å². The van der Waals surface area contributed by atoms with Crippen molar-refractivity contribution >= 4 is 0 Å². The van der Waals surface area contributed by atoms with Crippen LogP contribution < -0.4 is 0 Å². The van der Waals surface area contributed by atoms with Crippen LogP contribution in [-0.2, 0) is 6.54 Å². The summed E-state index contributed by atoms with van der Waals surface area (Å²) in [7, 11) is 0. The Bertz CT molecular complexity index is 824. The first kappa shape index (κ1) is 20.7. The fourth-order valence-corrected chi connectivity index (χ4v) is 2.77. The molecule has 0 aliphatic heterocycles. The number of aromatic hydroxyl groups is 1. The number of rotatable bonds is 9. The average molecular weight is 366 g/mol. The van der Waals surface area contributed by atoms with E-state index in [9.17, 15) is 5.11 Å². The number of allylic oxidation sites excluding steroid dienone is 6. The summed E-state index contributed by atoms with van der Waals surface area (Å²) in [5.74, 6) is 0.238. The summed E-state index contributed by atoms with van der Waals surface area (Å²) >= 11 is 0. The number of nitrogens with zero attached hydrogens (tertiary/aromatic N) is 3. The molecule has 4 nitrogen and oxygen atoms in total.